The smallest absolute Gasteiger partial charge is 0.266 e. The Labute approximate surface area is 285 Å². The van der Waals surface area contributed by atoms with Gasteiger partial charge in [0.25, 0.3) is 5.91 Å². The minimum Gasteiger partial charge on any atom is -0.496 e. The summed E-state index contributed by atoms with van der Waals surface area (Å²) >= 11 is 0. The maximum absolute atomic E-state index is 12.6. The second-order valence-corrected chi connectivity index (χ2v) is 15.7. The first-order valence-electron chi connectivity index (χ1n) is 16.3. The van der Waals surface area contributed by atoms with Crippen LogP contribution in [0.2, 0.25) is 0 Å². The van der Waals surface area contributed by atoms with Crippen LogP contribution in [-0.2, 0) is 21.0 Å². The van der Waals surface area contributed by atoms with E-state index < -0.39 is 0 Å². The first-order valence-corrected chi connectivity index (χ1v) is 16.3. The van der Waals surface area contributed by atoms with E-state index in [1.807, 2.05) is 30.3 Å². The number of imidazole rings is 1. The topological polar surface area (TPSA) is 101 Å². The molecule has 3 aromatic rings. The van der Waals surface area contributed by atoms with Crippen LogP contribution in [0.1, 0.15) is 96.3 Å². The SMILES string of the molecule is COc1cc(C2=C(C(C)(C)C)C(C)(C)CO2)ccc1C(=O)n1ccnc1.COc1cc(C2=C(C(C)(C)C)C(C)(C)CO2)ccc1COO. The van der Waals surface area contributed by atoms with Gasteiger partial charge in [0.1, 0.15) is 36.0 Å². The zero-order valence-electron chi connectivity index (χ0n) is 30.6. The zero-order valence-corrected chi connectivity index (χ0v) is 30.6. The average molecular weight is 661 g/mol. The van der Waals surface area contributed by atoms with Gasteiger partial charge in [-0.05, 0) is 40.2 Å². The molecule has 0 saturated carbocycles. The summed E-state index contributed by atoms with van der Waals surface area (Å²) in [6, 6.07) is 11.4. The lowest BCUT2D eigenvalue weighted by Gasteiger charge is -2.31. The van der Waals surface area contributed by atoms with Gasteiger partial charge < -0.3 is 18.9 Å². The van der Waals surface area contributed by atoms with Gasteiger partial charge in [-0.2, -0.15) is 0 Å². The molecule has 2 aromatic carbocycles. The molecular formula is C39H52N2O7. The summed E-state index contributed by atoms with van der Waals surface area (Å²) in [4.78, 5) is 20.8. The van der Waals surface area contributed by atoms with Gasteiger partial charge in [0.05, 0.1) is 33.0 Å². The van der Waals surface area contributed by atoms with Crippen LogP contribution in [0, 0.1) is 21.7 Å². The fourth-order valence-electron chi connectivity index (χ4n) is 7.18. The molecule has 48 heavy (non-hydrogen) atoms. The highest BCUT2D eigenvalue weighted by atomic mass is 17.1. The molecule has 0 aliphatic carbocycles. The molecule has 0 fully saturated rings. The van der Waals surface area contributed by atoms with Crippen LogP contribution in [-0.4, -0.2) is 48.1 Å². The molecule has 0 spiro atoms. The zero-order chi connectivity index (χ0) is 35.7. The van der Waals surface area contributed by atoms with Crippen molar-refractivity contribution in [2.75, 3.05) is 27.4 Å². The van der Waals surface area contributed by atoms with Crippen molar-refractivity contribution in [1.29, 1.82) is 0 Å². The maximum Gasteiger partial charge on any atom is 0.266 e. The highest BCUT2D eigenvalue weighted by Gasteiger charge is 2.42. The minimum atomic E-state index is -0.177. The maximum atomic E-state index is 12.6. The molecule has 0 unspecified atom stereocenters. The molecule has 2 aliphatic rings. The molecule has 9 nitrogen and oxygen atoms in total. The van der Waals surface area contributed by atoms with Crippen molar-refractivity contribution < 1.29 is 33.9 Å². The minimum absolute atomic E-state index is 0.00764. The average Bonchev–Trinajstić information content (AvgIpc) is 3.74. The van der Waals surface area contributed by atoms with E-state index in [0.29, 0.717) is 30.3 Å². The Morgan fingerprint density at radius 2 is 1.33 bits per heavy atom. The van der Waals surface area contributed by atoms with Crippen molar-refractivity contribution >= 4 is 17.4 Å². The Kier molecular flexibility index (Phi) is 10.6. The van der Waals surface area contributed by atoms with Crippen molar-refractivity contribution in [3.05, 3.63) is 88.5 Å². The van der Waals surface area contributed by atoms with Crippen LogP contribution in [0.4, 0.5) is 0 Å². The summed E-state index contributed by atoms with van der Waals surface area (Å²) in [7, 11) is 3.18. The standard InChI is InChI=1S/C21H26N2O3.C18H26O4/c1-20(2,3)18-17(26-12-21(18,4)5)14-7-8-15(16(11-14)25-6)19(24)23-10-9-22-13-23;1-17(2,3)16-15(21-11-18(16,4)5)12-7-8-13(10-22-19)14(9-12)20-6/h7-11,13H,12H2,1-6H3;7-9,19H,10-11H2,1-6H3. The lowest BCUT2D eigenvalue weighted by Crippen LogP contribution is -2.24. The second-order valence-electron chi connectivity index (χ2n) is 15.7. The van der Waals surface area contributed by atoms with Gasteiger partial charge in [0.15, 0.2) is 0 Å². The van der Waals surface area contributed by atoms with Crippen molar-refractivity contribution in [2.24, 2.45) is 21.7 Å². The summed E-state index contributed by atoms with van der Waals surface area (Å²) in [5, 5.41) is 8.65. The Morgan fingerprint density at radius 1 is 0.833 bits per heavy atom. The van der Waals surface area contributed by atoms with Crippen LogP contribution < -0.4 is 9.47 Å². The number of benzene rings is 2. The summed E-state index contributed by atoms with van der Waals surface area (Å²) in [5.41, 5.74) is 5.78. The van der Waals surface area contributed by atoms with Gasteiger partial charge in [-0.25, -0.2) is 9.87 Å². The molecule has 1 aromatic heterocycles. The molecule has 1 N–H and O–H groups in total. The number of carbonyl (C=O) groups is 1. The monoisotopic (exact) mass is 660 g/mol. The van der Waals surface area contributed by atoms with E-state index in [2.05, 4.69) is 79.1 Å². The lowest BCUT2D eigenvalue weighted by atomic mass is 9.71. The number of hydrogen-bond acceptors (Lipinski definition) is 8. The first kappa shape index (κ1) is 36.8. The van der Waals surface area contributed by atoms with Crippen molar-refractivity contribution in [1.82, 2.24) is 9.55 Å². The van der Waals surface area contributed by atoms with E-state index in [1.165, 1.54) is 22.0 Å². The molecular weight excluding hydrogens is 608 g/mol. The number of hydrogen-bond donors (Lipinski definition) is 1. The quantitative estimate of drug-likeness (QED) is 0.198. The Hall–Kier alpha value is -4.08. The number of nitrogens with zero attached hydrogens (tertiary/aromatic N) is 2. The van der Waals surface area contributed by atoms with Gasteiger partial charge in [-0.1, -0.05) is 87.4 Å². The van der Waals surface area contributed by atoms with Gasteiger partial charge in [0.2, 0.25) is 0 Å². The predicted octanol–water partition coefficient (Wildman–Crippen LogP) is 8.89. The lowest BCUT2D eigenvalue weighted by molar-refractivity contribution is -0.253. The molecule has 260 valence electrons. The molecule has 9 heteroatoms. The molecule has 2 aliphatic heterocycles. The Morgan fingerprint density at radius 3 is 1.77 bits per heavy atom. The Balaban J connectivity index is 0.000000220. The van der Waals surface area contributed by atoms with E-state index >= 15 is 0 Å². The summed E-state index contributed by atoms with van der Waals surface area (Å²) in [6.07, 6.45) is 4.69. The van der Waals surface area contributed by atoms with Crippen LogP contribution in [0.25, 0.3) is 11.5 Å². The summed E-state index contributed by atoms with van der Waals surface area (Å²) in [5.74, 6) is 2.86. The van der Waals surface area contributed by atoms with Crippen LogP contribution in [0.3, 0.4) is 0 Å². The van der Waals surface area contributed by atoms with E-state index in [9.17, 15) is 4.79 Å². The van der Waals surface area contributed by atoms with Gasteiger partial charge >= 0.3 is 0 Å². The third kappa shape index (κ3) is 7.63. The number of rotatable bonds is 7. The van der Waals surface area contributed by atoms with E-state index in [0.717, 1.165) is 28.2 Å². The number of carbonyl (C=O) groups excluding carboxylic acids is 1. The number of aromatic nitrogens is 2. The van der Waals surface area contributed by atoms with Crippen molar-refractivity contribution in [2.45, 2.75) is 75.8 Å². The van der Waals surface area contributed by atoms with E-state index in [-0.39, 0.29) is 34.2 Å². The Bertz CT molecular complexity index is 1680. The second kappa shape index (κ2) is 13.8. The van der Waals surface area contributed by atoms with Crippen molar-refractivity contribution in [3.63, 3.8) is 0 Å². The summed E-state index contributed by atoms with van der Waals surface area (Å²) in [6.45, 7) is 23.5. The molecule has 0 bridgehead atoms. The molecule has 0 radical (unpaired) electrons. The van der Waals surface area contributed by atoms with E-state index in [1.54, 1.807) is 32.7 Å². The highest BCUT2D eigenvalue weighted by molar-refractivity contribution is 5.98. The van der Waals surface area contributed by atoms with Gasteiger partial charge in [-0.3, -0.25) is 14.6 Å². The molecule has 3 heterocycles. The normalized spacial score (nSPS) is 17.0. The third-order valence-electron chi connectivity index (χ3n) is 8.66. The number of methoxy groups -OCH3 is 2. The van der Waals surface area contributed by atoms with Crippen LogP contribution in [0.5, 0.6) is 11.5 Å². The van der Waals surface area contributed by atoms with Gasteiger partial charge in [-0.15, -0.1) is 0 Å². The molecule has 5 rings (SSSR count). The largest absolute Gasteiger partial charge is 0.496 e. The molecule has 0 saturated heterocycles. The van der Waals surface area contributed by atoms with Crippen LogP contribution >= 0.6 is 0 Å². The molecule has 0 atom stereocenters. The van der Waals surface area contributed by atoms with E-state index in [4.69, 9.17) is 24.2 Å². The number of ether oxygens (including phenoxy) is 4. The molecule has 0 amide bonds. The third-order valence-corrected chi connectivity index (χ3v) is 8.66. The highest BCUT2D eigenvalue weighted by Crippen LogP contribution is 2.51. The summed E-state index contributed by atoms with van der Waals surface area (Å²) < 4.78 is 24.5. The fourth-order valence-corrected chi connectivity index (χ4v) is 7.18. The first-order chi connectivity index (χ1) is 22.4. The predicted molar refractivity (Wildman–Crippen MR) is 188 cm³/mol. The van der Waals surface area contributed by atoms with Crippen molar-refractivity contribution in [3.8, 4) is 11.5 Å². The fraction of sp³-hybridized carbons (Fsp3) is 0.487. The van der Waals surface area contributed by atoms with Crippen LogP contribution in [0.15, 0.2) is 66.3 Å². The van der Waals surface area contributed by atoms with Gasteiger partial charge in [0, 0.05) is 39.9 Å².